The summed E-state index contributed by atoms with van der Waals surface area (Å²) in [6.07, 6.45) is 0. The fourth-order valence-corrected chi connectivity index (χ4v) is 3.61. The van der Waals surface area contributed by atoms with E-state index < -0.39 is 11.9 Å². The van der Waals surface area contributed by atoms with Crippen LogP contribution < -0.4 is 5.32 Å². The standard InChI is InChI=1S/C19H18ClN3O3S/c1-11-8-15(12(2)27-11)19(25)26-10-18(24)21-17-9-16(22-23(17)3)13-4-6-14(20)7-5-13/h4-9H,10H2,1-3H3,(H,21,24). The van der Waals surface area contributed by atoms with Gasteiger partial charge in [0.1, 0.15) is 5.82 Å². The molecule has 0 atom stereocenters. The smallest absolute Gasteiger partial charge is 0.339 e. The molecule has 0 fully saturated rings. The van der Waals surface area contributed by atoms with Crippen LogP contribution in [0, 0.1) is 13.8 Å². The van der Waals surface area contributed by atoms with Gasteiger partial charge in [0.25, 0.3) is 5.91 Å². The third-order valence-corrected chi connectivity index (χ3v) is 5.10. The number of thiophene rings is 1. The molecule has 0 spiro atoms. The van der Waals surface area contributed by atoms with Crippen molar-refractivity contribution in [1.82, 2.24) is 9.78 Å². The van der Waals surface area contributed by atoms with Gasteiger partial charge < -0.3 is 10.1 Å². The van der Waals surface area contributed by atoms with E-state index in [1.807, 2.05) is 26.0 Å². The highest BCUT2D eigenvalue weighted by molar-refractivity contribution is 7.12. The zero-order valence-corrected chi connectivity index (χ0v) is 16.6. The molecule has 3 rings (SSSR count). The SMILES string of the molecule is Cc1cc(C(=O)OCC(=O)Nc2cc(-c3ccc(Cl)cc3)nn2C)c(C)s1. The van der Waals surface area contributed by atoms with Gasteiger partial charge in [-0.05, 0) is 32.0 Å². The van der Waals surface area contributed by atoms with Gasteiger partial charge in [0, 0.05) is 33.5 Å². The normalized spacial score (nSPS) is 10.7. The minimum atomic E-state index is -0.501. The highest BCUT2D eigenvalue weighted by Gasteiger charge is 2.16. The summed E-state index contributed by atoms with van der Waals surface area (Å²) in [6.45, 7) is 3.40. The van der Waals surface area contributed by atoms with Gasteiger partial charge in [-0.15, -0.1) is 11.3 Å². The van der Waals surface area contributed by atoms with Crippen LogP contribution in [-0.2, 0) is 16.6 Å². The minimum absolute atomic E-state index is 0.366. The zero-order chi connectivity index (χ0) is 19.6. The second-order valence-corrected chi connectivity index (χ2v) is 7.89. The maximum Gasteiger partial charge on any atom is 0.339 e. The fraction of sp³-hybridized carbons (Fsp3) is 0.211. The van der Waals surface area contributed by atoms with E-state index in [1.165, 1.54) is 11.3 Å². The lowest BCUT2D eigenvalue weighted by Crippen LogP contribution is -2.22. The maximum absolute atomic E-state index is 12.1. The number of carbonyl (C=O) groups is 2. The van der Waals surface area contributed by atoms with Crippen molar-refractivity contribution >= 4 is 40.6 Å². The topological polar surface area (TPSA) is 73.2 Å². The molecule has 3 aromatic rings. The van der Waals surface area contributed by atoms with Crippen LogP contribution in [0.15, 0.2) is 36.4 Å². The molecule has 0 aliphatic rings. The Kier molecular flexibility index (Phi) is 5.62. The number of amides is 1. The number of carbonyl (C=O) groups excluding carboxylic acids is 2. The number of nitrogens with one attached hydrogen (secondary N) is 1. The average molecular weight is 404 g/mol. The van der Waals surface area contributed by atoms with Gasteiger partial charge in [-0.2, -0.15) is 5.10 Å². The van der Waals surface area contributed by atoms with Crippen molar-refractivity contribution in [2.45, 2.75) is 13.8 Å². The van der Waals surface area contributed by atoms with Crippen molar-refractivity contribution in [3.8, 4) is 11.3 Å². The molecule has 0 saturated heterocycles. The number of esters is 1. The molecule has 8 heteroatoms. The number of anilines is 1. The first kappa shape index (κ1) is 19.1. The molecule has 1 aromatic carbocycles. The van der Waals surface area contributed by atoms with Gasteiger partial charge in [-0.3, -0.25) is 9.48 Å². The van der Waals surface area contributed by atoms with Crippen LogP contribution in [0.2, 0.25) is 5.02 Å². The highest BCUT2D eigenvalue weighted by Crippen LogP contribution is 2.23. The summed E-state index contributed by atoms with van der Waals surface area (Å²) in [6, 6.07) is 10.8. The Bertz CT molecular complexity index is 992. The monoisotopic (exact) mass is 403 g/mol. The Balaban J connectivity index is 1.62. The predicted molar refractivity (Wildman–Crippen MR) is 106 cm³/mol. The van der Waals surface area contributed by atoms with E-state index in [2.05, 4.69) is 10.4 Å². The van der Waals surface area contributed by atoms with E-state index in [-0.39, 0.29) is 6.61 Å². The quantitative estimate of drug-likeness (QED) is 0.647. The number of hydrogen-bond acceptors (Lipinski definition) is 5. The van der Waals surface area contributed by atoms with Gasteiger partial charge in [-0.25, -0.2) is 4.79 Å². The van der Waals surface area contributed by atoms with E-state index in [9.17, 15) is 9.59 Å². The first-order chi connectivity index (χ1) is 12.8. The Morgan fingerprint density at radius 1 is 1.22 bits per heavy atom. The average Bonchev–Trinajstić information content (AvgIpc) is 3.15. The van der Waals surface area contributed by atoms with Crippen LogP contribution in [0.5, 0.6) is 0 Å². The number of hydrogen-bond donors (Lipinski definition) is 1. The number of benzene rings is 1. The van der Waals surface area contributed by atoms with Crippen LogP contribution in [0.4, 0.5) is 5.82 Å². The third-order valence-electron chi connectivity index (χ3n) is 3.88. The molecule has 0 radical (unpaired) electrons. The molecule has 2 aromatic heterocycles. The Labute approximate surface area is 165 Å². The second kappa shape index (κ2) is 7.94. The molecule has 2 heterocycles. The lowest BCUT2D eigenvalue weighted by atomic mass is 10.1. The molecule has 0 saturated carbocycles. The zero-order valence-electron chi connectivity index (χ0n) is 15.1. The second-order valence-electron chi connectivity index (χ2n) is 6.00. The maximum atomic E-state index is 12.1. The van der Waals surface area contributed by atoms with Gasteiger partial charge in [0.15, 0.2) is 6.61 Å². The van der Waals surface area contributed by atoms with Gasteiger partial charge in [-0.1, -0.05) is 23.7 Å². The molecule has 0 aliphatic heterocycles. The van der Waals surface area contributed by atoms with Crippen LogP contribution >= 0.6 is 22.9 Å². The molecular formula is C19H18ClN3O3S. The van der Waals surface area contributed by atoms with Crippen LogP contribution in [0.3, 0.4) is 0 Å². The fourth-order valence-electron chi connectivity index (χ4n) is 2.57. The first-order valence-electron chi connectivity index (χ1n) is 8.17. The summed E-state index contributed by atoms with van der Waals surface area (Å²) in [5.74, 6) is -0.430. The van der Waals surface area contributed by atoms with E-state index in [0.29, 0.717) is 22.1 Å². The molecule has 27 heavy (non-hydrogen) atoms. The molecule has 140 valence electrons. The van der Waals surface area contributed by atoms with Crippen LogP contribution in [-0.4, -0.2) is 28.3 Å². The number of ether oxygens (including phenoxy) is 1. The first-order valence-corrected chi connectivity index (χ1v) is 9.37. The molecule has 1 amide bonds. The Hall–Kier alpha value is -2.64. The summed E-state index contributed by atoms with van der Waals surface area (Å²) >= 11 is 7.41. The number of aryl methyl sites for hydroxylation is 3. The predicted octanol–water partition coefficient (Wildman–Crippen LogP) is 4.21. The van der Waals surface area contributed by atoms with Crippen molar-refractivity contribution < 1.29 is 14.3 Å². The van der Waals surface area contributed by atoms with Crippen molar-refractivity contribution in [1.29, 1.82) is 0 Å². The summed E-state index contributed by atoms with van der Waals surface area (Å²) in [5, 5.41) is 7.71. The molecule has 0 unspecified atom stereocenters. The molecule has 0 bridgehead atoms. The van der Waals surface area contributed by atoms with Crippen molar-refractivity contribution in [2.75, 3.05) is 11.9 Å². The van der Waals surface area contributed by atoms with Crippen molar-refractivity contribution in [3.05, 3.63) is 56.7 Å². The van der Waals surface area contributed by atoms with Gasteiger partial charge >= 0.3 is 5.97 Å². The summed E-state index contributed by atoms with van der Waals surface area (Å²) in [5.41, 5.74) is 2.08. The van der Waals surface area contributed by atoms with Crippen LogP contribution in [0.25, 0.3) is 11.3 Å². The molecule has 1 N–H and O–H groups in total. The number of aromatic nitrogens is 2. The van der Waals surface area contributed by atoms with Crippen molar-refractivity contribution in [3.63, 3.8) is 0 Å². The number of halogens is 1. The van der Waals surface area contributed by atoms with E-state index in [4.69, 9.17) is 16.3 Å². The molecule has 6 nitrogen and oxygen atoms in total. The number of nitrogens with zero attached hydrogens (tertiary/aromatic N) is 2. The summed E-state index contributed by atoms with van der Waals surface area (Å²) < 4.78 is 6.66. The van der Waals surface area contributed by atoms with E-state index >= 15 is 0 Å². The summed E-state index contributed by atoms with van der Waals surface area (Å²) in [7, 11) is 1.72. The Morgan fingerprint density at radius 2 is 1.93 bits per heavy atom. The lowest BCUT2D eigenvalue weighted by Gasteiger charge is -2.06. The Morgan fingerprint density at radius 3 is 2.56 bits per heavy atom. The molecule has 0 aliphatic carbocycles. The minimum Gasteiger partial charge on any atom is -0.452 e. The van der Waals surface area contributed by atoms with Gasteiger partial charge in [0.2, 0.25) is 0 Å². The largest absolute Gasteiger partial charge is 0.452 e. The third kappa shape index (κ3) is 4.56. The van der Waals surface area contributed by atoms with Crippen molar-refractivity contribution in [2.24, 2.45) is 7.05 Å². The number of rotatable bonds is 5. The lowest BCUT2D eigenvalue weighted by molar-refractivity contribution is -0.119. The highest BCUT2D eigenvalue weighted by atomic mass is 35.5. The summed E-state index contributed by atoms with van der Waals surface area (Å²) in [4.78, 5) is 26.1. The van der Waals surface area contributed by atoms with E-state index in [1.54, 1.807) is 36.0 Å². The molecular weight excluding hydrogens is 386 g/mol. The van der Waals surface area contributed by atoms with Crippen LogP contribution in [0.1, 0.15) is 20.1 Å². The van der Waals surface area contributed by atoms with Gasteiger partial charge in [0.05, 0.1) is 11.3 Å². The van der Waals surface area contributed by atoms with E-state index in [0.717, 1.165) is 15.3 Å².